The van der Waals surface area contributed by atoms with E-state index in [9.17, 15) is 5.11 Å². The fourth-order valence-electron chi connectivity index (χ4n) is 2.81. The molecule has 1 heteroatoms. The first-order valence-electron chi connectivity index (χ1n) is 7.70. The summed E-state index contributed by atoms with van der Waals surface area (Å²) >= 11 is 0. The van der Waals surface area contributed by atoms with Crippen LogP contribution in [0.5, 0.6) is 5.75 Å². The molecule has 0 amide bonds. The van der Waals surface area contributed by atoms with Crippen LogP contribution in [0.25, 0.3) is 0 Å². The van der Waals surface area contributed by atoms with Crippen LogP contribution in [-0.4, -0.2) is 5.11 Å². The van der Waals surface area contributed by atoms with Gasteiger partial charge in [-0.15, -0.1) is 0 Å². The summed E-state index contributed by atoms with van der Waals surface area (Å²) in [5.41, 5.74) is 4.85. The van der Waals surface area contributed by atoms with Gasteiger partial charge in [-0.25, -0.2) is 0 Å². The van der Waals surface area contributed by atoms with Crippen LogP contribution in [-0.2, 0) is 19.3 Å². The smallest absolute Gasteiger partial charge is 0.119 e. The summed E-state index contributed by atoms with van der Waals surface area (Å²) in [6.07, 6.45) is 2.67. The molecular formula is C21H20O. The molecule has 3 aromatic carbocycles. The Morgan fingerprint density at radius 2 is 1.23 bits per heavy atom. The van der Waals surface area contributed by atoms with Gasteiger partial charge < -0.3 is 5.11 Å². The Hall–Kier alpha value is -2.54. The maximum Gasteiger partial charge on any atom is 0.119 e. The van der Waals surface area contributed by atoms with E-state index in [-0.39, 0.29) is 0 Å². The van der Waals surface area contributed by atoms with Crippen LogP contribution in [0.3, 0.4) is 0 Å². The number of hydrogen-bond acceptors (Lipinski definition) is 1. The zero-order valence-electron chi connectivity index (χ0n) is 12.6. The van der Waals surface area contributed by atoms with Gasteiger partial charge in [-0.3, -0.25) is 0 Å². The van der Waals surface area contributed by atoms with Gasteiger partial charge >= 0.3 is 0 Å². The van der Waals surface area contributed by atoms with Gasteiger partial charge in [0, 0.05) is 0 Å². The first kappa shape index (κ1) is 14.4. The Morgan fingerprint density at radius 3 is 1.91 bits per heavy atom. The number of benzene rings is 3. The average molecular weight is 288 g/mol. The molecule has 0 spiro atoms. The largest absolute Gasteiger partial charge is 0.508 e. The van der Waals surface area contributed by atoms with Crippen LogP contribution in [0.15, 0.2) is 78.9 Å². The molecule has 0 aromatic heterocycles. The minimum Gasteiger partial charge on any atom is -0.508 e. The van der Waals surface area contributed by atoms with E-state index in [0.29, 0.717) is 5.75 Å². The second-order valence-corrected chi connectivity index (χ2v) is 5.56. The summed E-state index contributed by atoms with van der Waals surface area (Å²) < 4.78 is 0. The summed E-state index contributed by atoms with van der Waals surface area (Å²) in [7, 11) is 0. The van der Waals surface area contributed by atoms with Crippen molar-refractivity contribution in [3.63, 3.8) is 0 Å². The Bertz CT molecular complexity index is 717. The molecule has 0 aliphatic rings. The molecule has 0 fully saturated rings. The molecule has 0 aliphatic heterocycles. The van der Waals surface area contributed by atoms with Crippen molar-refractivity contribution in [2.24, 2.45) is 0 Å². The van der Waals surface area contributed by atoms with E-state index in [1.54, 1.807) is 6.07 Å². The summed E-state index contributed by atoms with van der Waals surface area (Å²) in [4.78, 5) is 0. The fraction of sp³-hybridized carbons (Fsp3) is 0.143. The monoisotopic (exact) mass is 288 g/mol. The maximum absolute atomic E-state index is 10.2. The minimum absolute atomic E-state index is 0.407. The molecular weight excluding hydrogens is 268 g/mol. The highest BCUT2D eigenvalue weighted by atomic mass is 16.3. The lowest BCUT2D eigenvalue weighted by Crippen LogP contribution is -1.99. The number of rotatable bonds is 5. The summed E-state index contributed by atoms with van der Waals surface area (Å²) in [5.74, 6) is 0.407. The summed E-state index contributed by atoms with van der Waals surface area (Å²) in [6.45, 7) is 0. The van der Waals surface area contributed by atoms with Crippen molar-refractivity contribution in [1.29, 1.82) is 0 Å². The zero-order chi connectivity index (χ0) is 15.2. The highest BCUT2D eigenvalue weighted by Crippen LogP contribution is 2.25. The van der Waals surface area contributed by atoms with Crippen molar-refractivity contribution in [1.82, 2.24) is 0 Å². The van der Waals surface area contributed by atoms with Gasteiger partial charge in [0.15, 0.2) is 0 Å². The van der Waals surface area contributed by atoms with Gasteiger partial charge in [-0.1, -0.05) is 72.8 Å². The van der Waals surface area contributed by atoms with Crippen molar-refractivity contribution in [2.75, 3.05) is 0 Å². The SMILES string of the molecule is Oc1cccc(Cc2ccccc2)c1CCc1ccccc1. The average Bonchev–Trinajstić information content (AvgIpc) is 2.56. The number of phenolic OH excluding ortho intramolecular Hbond substituents is 1. The molecule has 0 saturated carbocycles. The van der Waals surface area contributed by atoms with Crippen molar-refractivity contribution in [2.45, 2.75) is 19.3 Å². The van der Waals surface area contributed by atoms with Gasteiger partial charge in [-0.2, -0.15) is 0 Å². The topological polar surface area (TPSA) is 20.2 Å². The van der Waals surface area contributed by atoms with Gasteiger partial charge in [0.25, 0.3) is 0 Å². The fourth-order valence-corrected chi connectivity index (χ4v) is 2.81. The number of aryl methyl sites for hydroxylation is 1. The molecule has 0 radical (unpaired) electrons. The predicted molar refractivity (Wildman–Crippen MR) is 91.2 cm³/mol. The third-order valence-electron chi connectivity index (χ3n) is 3.99. The van der Waals surface area contributed by atoms with E-state index in [4.69, 9.17) is 0 Å². The van der Waals surface area contributed by atoms with E-state index >= 15 is 0 Å². The molecule has 22 heavy (non-hydrogen) atoms. The van der Waals surface area contributed by atoms with Crippen LogP contribution in [0, 0.1) is 0 Å². The molecule has 3 aromatic rings. The third kappa shape index (κ3) is 3.56. The second-order valence-electron chi connectivity index (χ2n) is 5.56. The van der Waals surface area contributed by atoms with Crippen LogP contribution in [0.1, 0.15) is 22.3 Å². The Balaban J connectivity index is 1.81. The molecule has 0 saturated heterocycles. The molecule has 0 atom stereocenters. The standard InChI is InChI=1S/C21H20O/c22-21-13-7-12-19(16-18-10-5-2-6-11-18)20(21)15-14-17-8-3-1-4-9-17/h1-13,22H,14-16H2. The Morgan fingerprint density at radius 1 is 0.591 bits per heavy atom. The zero-order valence-corrected chi connectivity index (χ0v) is 12.6. The highest BCUT2D eigenvalue weighted by molar-refractivity contribution is 5.42. The lowest BCUT2D eigenvalue weighted by atomic mass is 9.94. The molecule has 1 N–H and O–H groups in total. The normalized spacial score (nSPS) is 10.5. The third-order valence-corrected chi connectivity index (χ3v) is 3.99. The van der Waals surface area contributed by atoms with Gasteiger partial charge in [0.05, 0.1) is 0 Å². The van der Waals surface area contributed by atoms with Crippen molar-refractivity contribution < 1.29 is 5.11 Å². The van der Waals surface area contributed by atoms with Gasteiger partial charge in [0.2, 0.25) is 0 Å². The minimum atomic E-state index is 0.407. The number of aromatic hydroxyl groups is 1. The van der Waals surface area contributed by atoms with E-state index in [1.807, 2.05) is 18.2 Å². The van der Waals surface area contributed by atoms with E-state index in [1.165, 1.54) is 16.7 Å². The van der Waals surface area contributed by atoms with E-state index < -0.39 is 0 Å². The first-order chi connectivity index (χ1) is 10.8. The quantitative estimate of drug-likeness (QED) is 0.717. The maximum atomic E-state index is 10.2. The summed E-state index contributed by atoms with van der Waals surface area (Å²) in [5, 5.41) is 10.2. The van der Waals surface area contributed by atoms with E-state index in [0.717, 1.165) is 24.8 Å². The molecule has 0 heterocycles. The highest BCUT2D eigenvalue weighted by Gasteiger charge is 2.08. The number of hydrogen-bond donors (Lipinski definition) is 1. The van der Waals surface area contributed by atoms with Crippen LogP contribution < -0.4 is 0 Å². The molecule has 0 aliphatic carbocycles. The lowest BCUT2D eigenvalue weighted by molar-refractivity contribution is 0.467. The molecule has 0 unspecified atom stereocenters. The molecule has 110 valence electrons. The molecule has 3 rings (SSSR count). The van der Waals surface area contributed by atoms with Gasteiger partial charge in [-0.05, 0) is 47.6 Å². The first-order valence-corrected chi connectivity index (χ1v) is 7.70. The molecule has 0 bridgehead atoms. The van der Waals surface area contributed by atoms with Crippen LogP contribution in [0.2, 0.25) is 0 Å². The van der Waals surface area contributed by atoms with Crippen molar-refractivity contribution >= 4 is 0 Å². The number of phenols is 1. The van der Waals surface area contributed by atoms with Crippen LogP contribution >= 0.6 is 0 Å². The molecule has 1 nitrogen and oxygen atoms in total. The Kier molecular flexibility index (Phi) is 4.55. The summed E-state index contributed by atoms with van der Waals surface area (Å²) in [6, 6.07) is 26.7. The van der Waals surface area contributed by atoms with Gasteiger partial charge in [0.1, 0.15) is 5.75 Å². The second kappa shape index (κ2) is 6.95. The predicted octanol–water partition coefficient (Wildman–Crippen LogP) is 4.77. The van der Waals surface area contributed by atoms with Crippen molar-refractivity contribution in [3.05, 3.63) is 101 Å². The van der Waals surface area contributed by atoms with Crippen molar-refractivity contribution in [3.8, 4) is 5.75 Å². The van der Waals surface area contributed by atoms with Crippen LogP contribution in [0.4, 0.5) is 0 Å². The van der Waals surface area contributed by atoms with E-state index in [2.05, 4.69) is 54.6 Å². The Labute approximate surface area is 131 Å². The lowest BCUT2D eigenvalue weighted by Gasteiger charge is -2.12.